The van der Waals surface area contributed by atoms with Crippen molar-refractivity contribution >= 4 is 17.3 Å². The van der Waals surface area contributed by atoms with Crippen LogP contribution in [-0.4, -0.2) is 16.4 Å². The van der Waals surface area contributed by atoms with Gasteiger partial charge < -0.3 is 5.53 Å². The third-order valence-electron chi connectivity index (χ3n) is 3.51. The first-order chi connectivity index (χ1) is 9.72. The Morgan fingerprint density at radius 2 is 1.85 bits per heavy atom. The third-order valence-corrected chi connectivity index (χ3v) is 3.51. The van der Waals surface area contributed by atoms with Gasteiger partial charge in [-0.15, -0.1) is 0 Å². The van der Waals surface area contributed by atoms with E-state index in [9.17, 15) is 4.79 Å². The fourth-order valence-corrected chi connectivity index (χ4v) is 2.55. The van der Waals surface area contributed by atoms with Gasteiger partial charge in [-0.1, -0.05) is 42.5 Å². The van der Waals surface area contributed by atoms with Crippen LogP contribution in [0.4, 0.5) is 5.69 Å². The second kappa shape index (κ2) is 4.76. The van der Waals surface area contributed by atoms with Gasteiger partial charge in [-0.3, -0.25) is 9.69 Å². The highest BCUT2D eigenvalue weighted by Crippen LogP contribution is 2.32. The topological polar surface area (TPSA) is 56.7 Å². The lowest BCUT2D eigenvalue weighted by atomic mass is 10.1. The second-order valence-electron chi connectivity index (χ2n) is 4.79. The van der Waals surface area contributed by atoms with E-state index in [2.05, 4.69) is 4.79 Å². The molecular weight excluding hydrogens is 250 g/mol. The Labute approximate surface area is 116 Å². The molecule has 2 aromatic carbocycles. The van der Waals surface area contributed by atoms with Crippen molar-refractivity contribution in [1.29, 1.82) is 0 Å². The maximum absolute atomic E-state index is 12.4. The van der Waals surface area contributed by atoms with Crippen LogP contribution in [0.1, 0.15) is 16.7 Å². The molecule has 0 radical (unpaired) electrons. The van der Waals surface area contributed by atoms with Gasteiger partial charge in [-0.25, -0.2) is 0 Å². The highest BCUT2D eigenvalue weighted by molar-refractivity contribution is 6.52. The van der Waals surface area contributed by atoms with Crippen LogP contribution in [0, 0.1) is 6.92 Å². The van der Waals surface area contributed by atoms with Gasteiger partial charge in [0.05, 0.1) is 17.8 Å². The van der Waals surface area contributed by atoms with Crippen molar-refractivity contribution in [1.82, 2.24) is 0 Å². The molecule has 0 fully saturated rings. The molecule has 4 heteroatoms. The lowest BCUT2D eigenvalue weighted by Crippen LogP contribution is -2.29. The summed E-state index contributed by atoms with van der Waals surface area (Å²) in [4.78, 5) is 17.2. The van der Waals surface area contributed by atoms with Gasteiger partial charge >= 0.3 is 11.6 Å². The fourth-order valence-electron chi connectivity index (χ4n) is 2.55. The second-order valence-corrected chi connectivity index (χ2v) is 4.79. The zero-order valence-corrected chi connectivity index (χ0v) is 11.1. The predicted molar refractivity (Wildman–Crippen MR) is 76.5 cm³/mol. The molecule has 1 heterocycles. The normalized spacial score (nSPS) is 13.3. The van der Waals surface area contributed by atoms with Gasteiger partial charge in [0.1, 0.15) is 0 Å². The van der Waals surface area contributed by atoms with Crippen molar-refractivity contribution < 1.29 is 9.58 Å². The van der Waals surface area contributed by atoms with Crippen LogP contribution in [-0.2, 0) is 11.3 Å². The Bertz CT molecular complexity index is 731. The molecule has 2 aromatic rings. The number of anilines is 1. The number of hydrogen-bond acceptors (Lipinski definition) is 1. The summed E-state index contributed by atoms with van der Waals surface area (Å²) < 4.78 is 0. The molecule has 0 aromatic heterocycles. The molecule has 0 spiro atoms. The Balaban J connectivity index is 2.08. The molecule has 0 aliphatic carbocycles. The number of amides is 1. The van der Waals surface area contributed by atoms with Gasteiger partial charge in [-0.05, 0) is 24.1 Å². The molecule has 98 valence electrons. The van der Waals surface area contributed by atoms with Crippen LogP contribution in [0.25, 0.3) is 5.53 Å². The summed E-state index contributed by atoms with van der Waals surface area (Å²) in [7, 11) is 0. The molecule has 1 amide bonds. The molecule has 3 rings (SSSR count). The van der Waals surface area contributed by atoms with E-state index in [0.717, 1.165) is 22.4 Å². The number of nitrogens with zero attached hydrogens (tertiary/aromatic N) is 3. The summed E-state index contributed by atoms with van der Waals surface area (Å²) in [6.07, 6.45) is 0. The van der Waals surface area contributed by atoms with Gasteiger partial charge in [-0.2, -0.15) is 4.79 Å². The largest absolute Gasteiger partial charge is 0.389 e. The first-order valence-corrected chi connectivity index (χ1v) is 6.40. The van der Waals surface area contributed by atoms with Crippen LogP contribution in [0.5, 0.6) is 0 Å². The molecule has 0 bridgehead atoms. The average Bonchev–Trinajstić information content (AvgIpc) is 2.74. The number of carbonyl (C=O) groups is 1. The number of benzene rings is 2. The minimum Gasteiger partial charge on any atom is -0.361 e. The summed E-state index contributed by atoms with van der Waals surface area (Å²) in [5, 5.41) is 0. The Hall–Kier alpha value is -2.71. The molecule has 1 aliphatic rings. The van der Waals surface area contributed by atoms with E-state index in [1.165, 1.54) is 0 Å². The summed E-state index contributed by atoms with van der Waals surface area (Å²) in [5.41, 5.74) is 12.7. The van der Waals surface area contributed by atoms with E-state index in [0.29, 0.717) is 6.54 Å². The monoisotopic (exact) mass is 263 g/mol. The summed E-state index contributed by atoms with van der Waals surface area (Å²) in [6, 6.07) is 15.4. The van der Waals surface area contributed by atoms with Crippen molar-refractivity contribution in [2.75, 3.05) is 4.90 Å². The van der Waals surface area contributed by atoms with Crippen LogP contribution >= 0.6 is 0 Å². The van der Waals surface area contributed by atoms with Gasteiger partial charge in [0.25, 0.3) is 0 Å². The van der Waals surface area contributed by atoms with Crippen LogP contribution < -0.4 is 4.90 Å². The zero-order chi connectivity index (χ0) is 14.1. The lowest BCUT2D eigenvalue weighted by molar-refractivity contribution is -0.116. The van der Waals surface area contributed by atoms with Gasteiger partial charge in [0.2, 0.25) is 0 Å². The fraction of sp³-hybridized carbons (Fsp3) is 0.125. The van der Waals surface area contributed by atoms with E-state index in [-0.39, 0.29) is 11.6 Å². The lowest BCUT2D eigenvalue weighted by Gasteiger charge is -2.16. The molecule has 0 unspecified atom stereocenters. The Morgan fingerprint density at radius 1 is 1.10 bits per heavy atom. The van der Waals surface area contributed by atoms with E-state index in [1.54, 1.807) is 4.90 Å². The molecule has 0 saturated heterocycles. The number of rotatable bonds is 2. The molecule has 1 aliphatic heterocycles. The molecule has 0 saturated carbocycles. The van der Waals surface area contributed by atoms with E-state index in [4.69, 9.17) is 5.53 Å². The highest BCUT2D eigenvalue weighted by Gasteiger charge is 2.41. The summed E-state index contributed by atoms with van der Waals surface area (Å²) in [6.45, 7) is 2.37. The quantitative estimate of drug-likeness (QED) is 0.607. The number of fused-ring (bicyclic) bond motifs is 1. The number of carbonyl (C=O) groups excluding carboxylic acids is 1. The van der Waals surface area contributed by atoms with E-state index >= 15 is 0 Å². The van der Waals surface area contributed by atoms with E-state index in [1.807, 2.05) is 55.5 Å². The van der Waals surface area contributed by atoms with E-state index < -0.39 is 0 Å². The van der Waals surface area contributed by atoms with Crippen LogP contribution in [0.2, 0.25) is 0 Å². The Morgan fingerprint density at radius 3 is 2.55 bits per heavy atom. The smallest absolute Gasteiger partial charge is 0.361 e. The van der Waals surface area contributed by atoms with Crippen molar-refractivity contribution in [3.63, 3.8) is 0 Å². The Kier molecular flexibility index (Phi) is 2.93. The molecule has 4 nitrogen and oxygen atoms in total. The minimum atomic E-state index is -0.263. The summed E-state index contributed by atoms with van der Waals surface area (Å²) in [5.74, 6) is -0.263. The van der Waals surface area contributed by atoms with Crippen molar-refractivity contribution in [3.8, 4) is 0 Å². The van der Waals surface area contributed by atoms with Crippen LogP contribution in [0.3, 0.4) is 0 Å². The predicted octanol–water partition coefficient (Wildman–Crippen LogP) is 2.56. The molecule has 0 atom stereocenters. The number of hydrogen-bond donors (Lipinski definition) is 0. The molecule has 20 heavy (non-hydrogen) atoms. The first kappa shape index (κ1) is 12.3. The highest BCUT2D eigenvalue weighted by atomic mass is 16.2. The first-order valence-electron chi connectivity index (χ1n) is 6.40. The number of aryl methyl sites for hydroxylation is 1. The third kappa shape index (κ3) is 1.83. The van der Waals surface area contributed by atoms with Crippen LogP contribution in [0.15, 0.2) is 48.5 Å². The zero-order valence-electron chi connectivity index (χ0n) is 11.1. The van der Waals surface area contributed by atoms with Crippen molar-refractivity contribution in [2.45, 2.75) is 13.5 Å². The van der Waals surface area contributed by atoms with Gasteiger partial charge in [0.15, 0.2) is 0 Å². The molecule has 0 N–H and O–H groups in total. The standard InChI is InChI=1S/C16H13N3O/c1-11-6-5-9-13-14(11)15(18-17)16(20)19(13)10-12-7-3-2-4-8-12/h2-9H,10H2,1H3. The SMILES string of the molecule is Cc1cccc2c1C(=[N+]=[N-])C(=O)N2Cc1ccccc1. The van der Waals surface area contributed by atoms with Gasteiger partial charge in [0, 0.05) is 0 Å². The van der Waals surface area contributed by atoms with Crippen molar-refractivity contribution in [3.05, 3.63) is 70.8 Å². The summed E-state index contributed by atoms with van der Waals surface area (Å²) >= 11 is 0. The maximum atomic E-state index is 12.4. The minimum absolute atomic E-state index is 0.119. The molecular formula is C16H13N3O. The maximum Gasteiger partial charge on any atom is 0.389 e. The average molecular weight is 263 g/mol. The van der Waals surface area contributed by atoms with Crippen molar-refractivity contribution in [2.24, 2.45) is 0 Å².